The number of nitrogens with zero attached hydrogens (tertiary/aromatic N) is 4. The van der Waals surface area contributed by atoms with Crippen LogP contribution in [-0.2, 0) is 14.8 Å². The second kappa shape index (κ2) is 11.6. The van der Waals surface area contributed by atoms with Crippen molar-refractivity contribution in [2.75, 3.05) is 64.9 Å². The number of hydrazone groups is 1. The van der Waals surface area contributed by atoms with Crippen molar-refractivity contribution in [2.24, 2.45) is 5.10 Å². The quantitative estimate of drug-likeness (QED) is 0.422. The molecule has 0 amide bonds. The summed E-state index contributed by atoms with van der Waals surface area (Å²) in [5.74, 6) is 0.583. The lowest BCUT2D eigenvalue weighted by Crippen LogP contribution is -2.38. The number of ether oxygens (including phenoxy) is 4. The summed E-state index contributed by atoms with van der Waals surface area (Å²) >= 11 is 0. The van der Waals surface area contributed by atoms with Crippen molar-refractivity contribution >= 4 is 31.7 Å². The van der Waals surface area contributed by atoms with Crippen LogP contribution < -0.4 is 18.9 Å². The van der Waals surface area contributed by atoms with Gasteiger partial charge in [0.25, 0.3) is 10.0 Å². The minimum absolute atomic E-state index is 0.00683. The highest BCUT2D eigenvalue weighted by molar-refractivity contribution is 8.07. The van der Waals surface area contributed by atoms with Gasteiger partial charge in [0.15, 0.2) is 28.1 Å². The van der Waals surface area contributed by atoms with Crippen LogP contribution in [0.4, 0.5) is 10.1 Å². The summed E-state index contributed by atoms with van der Waals surface area (Å²) in [7, 11) is -0.649. The van der Waals surface area contributed by atoms with Gasteiger partial charge in [0.1, 0.15) is 12.4 Å². The van der Waals surface area contributed by atoms with Crippen molar-refractivity contribution < 1.29 is 31.8 Å². The zero-order valence-electron chi connectivity index (χ0n) is 21.7. The van der Waals surface area contributed by atoms with Gasteiger partial charge < -0.3 is 18.9 Å². The van der Waals surface area contributed by atoms with Crippen LogP contribution in [0, 0.1) is 5.82 Å². The first-order valence-electron chi connectivity index (χ1n) is 12.5. The third-order valence-corrected chi connectivity index (χ3v) is 7.81. The molecule has 5 rings (SSSR count). The number of fused-ring (bicyclic) bond motifs is 1. The first kappa shape index (κ1) is 26.9. The van der Waals surface area contributed by atoms with Gasteiger partial charge in [-0.3, -0.25) is 19.6 Å². The number of sulfonamides is 1. The normalized spacial score (nSPS) is 16.3. The van der Waals surface area contributed by atoms with E-state index < -0.39 is 15.8 Å². The van der Waals surface area contributed by atoms with E-state index in [4.69, 9.17) is 18.9 Å². The maximum Gasteiger partial charge on any atom is 0.277 e. The molecule has 39 heavy (non-hydrogen) atoms. The van der Waals surface area contributed by atoms with Crippen LogP contribution in [0.25, 0.3) is 10.9 Å². The fourth-order valence-electron chi connectivity index (χ4n) is 4.31. The van der Waals surface area contributed by atoms with Crippen molar-refractivity contribution in [1.29, 1.82) is 0 Å². The summed E-state index contributed by atoms with van der Waals surface area (Å²) in [6.45, 7) is 4.93. The van der Waals surface area contributed by atoms with Crippen molar-refractivity contribution in [3.8, 4) is 23.0 Å². The fraction of sp³-hybridized carbons (Fsp3) is 0.385. The maximum atomic E-state index is 15.0. The van der Waals surface area contributed by atoms with Crippen LogP contribution in [0.5, 0.6) is 23.0 Å². The molecule has 0 bridgehead atoms. The lowest BCUT2D eigenvalue weighted by molar-refractivity contribution is 0.0321. The standard InChI is InChI=1S/C26H30FN5O6S/c1-31-8-6-26(29-31)39(33,34)30-18-3-4-23(20(27)15-18)38-22-5-7-28-21-17-25(24(35-2)16-19(21)22)37-14-11-32-9-12-36-13-10-32/h3-5,7,15-17,30H,6,8-14H2,1-2H3. The Bertz CT molecular complexity index is 1480. The molecule has 0 radical (unpaired) electrons. The molecule has 0 aliphatic carbocycles. The lowest BCUT2D eigenvalue weighted by Gasteiger charge is -2.26. The molecule has 1 saturated heterocycles. The van der Waals surface area contributed by atoms with Crippen LogP contribution in [0.3, 0.4) is 0 Å². The second-order valence-corrected chi connectivity index (χ2v) is 10.8. The van der Waals surface area contributed by atoms with Crippen molar-refractivity contribution in [3.05, 3.63) is 48.4 Å². The number of aromatic nitrogens is 1. The van der Waals surface area contributed by atoms with Crippen LogP contribution in [0.1, 0.15) is 6.42 Å². The van der Waals surface area contributed by atoms with Gasteiger partial charge >= 0.3 is 0 Å². The third kappa shape index (κ3) is 6.32. The molecule has 11 nitrogen and oxygen atoms in total. The van der Waals surface area contributed by atoms with E-state index >= 15 is 0 Å². The van der Waals surface area contributed by atoms with Gasteiger partial charge in [-0.2, -0.15) is 13.5 Å². The molecule has 2 aliphatic heterocycles. The Balaban J connectivity index is 1.31. The topological polar surface area (TPSA) is 115 Å². The number of halogens is 1. The minimum atomic E-state index is -3.88. The van der Waals surface area contributed by atoms with E-state index in [0.29, 0.717) is 41.3 Å². The minimum Gasteiger partial charge on any atom is -0.493 e. The van der Waals surface area contributed by atoms with E-state index in [1.54, 1.807) is 43.6 Å². The molecule has 0 spiro atoms. The average molecular weight is 560 g/mol. The van der Waals surface area contributed by atoms with Crippen LogP contribution in [0.15, 0.2) is 47.7 Å². The van der Waals surface area contributed by atoms with Gasteiger partial charge in [0.05, 0.1) is 31.5 Å². The van der Waals surface area contributed by atoms with Crippen molar-refractivity contribution in [3.63, 3.8) is 0 Å². The van der Waals surface area contributed by atoms with Gasteiger partial charge in [0, 0.05) is 63.4 Å². The lowest BCUT2D eigenvalue weighted by atomic mass is 10.1. The molecule has 1 fully saturated rings. The SMILES string of the molecule is COc1cc2c(Oc3ccc(NS(=O)(=O)C4=NN(C)CC4)cc3F)ccnc2cc1OCCN1CCOCC1. The predicted octanol–water partition coefficient (Wildman–Crippen LogP) is 3.28. The van der Waals surface area contributed by atoms with E-state index in [9.17, 15) is 12.8 Å². The number of morpholine rings is 1. The first-order valence-corrected chi connectivity index (χ1v) is 14.0. The Labute approximate surface area is 226 Å². The molecule has 2 aromatic carbocycles. The van der Waals surface area contributed by atoms with Gasteiger partial charge in [-0.15, -0.1) is 0 Å². The molecule has 3 heterocycles. The molecule has 3 aromatic rings. The van der Waals surface area contributed by atoms with Crippen LogP contribution in [-0.4, -0.2) is 88.5 Å². The number of methoxy groups -OCH3 is 1. The highest BCUT2D eigenvalue weighted by Gasteiger charge is 2.25. The Morgan fingerprint density at radius 3 is 2.59 bits per heavy atom. The Morgan fingerprint density at radius 1 is 1.05 bits per heavy atom. The number of rotatable bonds is 9. The highest BCUT2D eigenvalue weighted by atomic mass is 32.2. The number of hydrogen-bond acceptors (Lipinski definition) is 10. The smallest absolute Gasteiger partial charge is 0.277 e. The van der Waals surface area contributed by atoms with E-state index in [0.717, 1.165) is 38.9 Å². The Kier molecular flexibility index (Phi) is 8.00. The Morgan fingerprint density at radius 2 is 1.87 bits per heavy atom. The summed E-state index contributed by atoms with van der Waals surface area (Å²) in [6, 6.07) is 8.98. The summed E-state index contributed by atoms with van der Waals surface area (Å²) < 4.78 is 65.3. The monoisotopic (exact) mass is 559 g/mol. The second-order valence-electron chi connectivity index (χ2n) is 9.11. The summed E-state index contributed by atoms with van der Waals surface area (Å²) in [6.07, 6.45) is 1.84. The van der Waals surface area contributed by atoms with Crippen LogP contribution in [0.2, 0.25) is 0 Å². The Hall–Kier alpha value is -3.68. The van der Waals surface area contributed by atoms with Gasteiger partial charge in [-0.25, -0.2) is 4.39 Å². The van der Waals surface area contributed by atoms with Crippen LogP contribution >= 0.6 is 0 Å². The molecular weight excluding hydrogens is 529 g/mol. The first-order chi connectivity index (χ1) is 18.8. The van der Waals surface area contributed by atoms with E-state index in [1.165, 1.54) is 12.1 Å². The maximum absolute atomic E-state index is 15.0. The molecule has 0 atom stereocenters. The van der Waals surface area contributed by atoms with Crippen molar-refractivity contribution in [2.45, 2.75) is 6.42 Å². The average Bonchev–Trinajstić information content (AvgIpc) is 3.38. The zero-order chi connectivity index (χ0) is 27.4. The number of anilines is 1. The largest absolute Gasteiger partial charge is 0.493 e. The zero-order valence-corrected chi connectivity index (χ0v) is 22.5. The molecule has 1 N–H and O–H groups in total. The summed E-state index contributed by atoms with van der Waals surface area (Å²) in [5, 5.41) is 6.14. The molecule has 208 valence electrons. The van der Waals surface area contributed by atoms with Gasteiger partial charge in [-0.1, -0.05) is 0 Å². The number of pyridine rings is 1. The molecule has 1 aromatic heterocycles. The molecule has 0 saturated carbocycles. The predicted molar refractivity (Wildman–Crippen MR) is 145 cm³/mol. The van der Waals surface area contributed by atoms with E-state index in [1.807, 2.05) is 0 Å². The number of hydrogen-bond donors (Lipinski definition) is 1. The number of nitrogens with one attached hydrogen (secondary N) is 1. The van der Waals surface area contributed by atoms with E-state index in [-0.39, 0.29) is 22.9 Å². The molecule has 13 heteroatoms. The van der Waals surface area contributed by atoms with Crippen molar-refractivity contribution in [1.82, 2.24) is 14.9 Å². The third-order valence-electron chi connectivity index (χ3n) is 6.40. The summed E-state index contributed by atoms with van der Waals surface area (Å²) in [5.41, 5.74) is 0.652. The van der Waals surface area contributed by atoms with E-state index in [2.05, 4.69) is 19.7 Å². The molecular formula is C26H30FN5O6S. The molecule has 2 aliphatic rings. The van der Waals surface area contributed by atoms with Gasteiger partial charge in [-0.05, 0) is 24.3 Å². The summed E-state index contributed by atoms with van der Waals surface area (Å²) in [4.78, 5) is 6.68. The van der Waals surface area contributed by atoms with Gasteiger partial charge in [0.2, 0.25) is 0 Å². The number of benzene rings is 2. The molecule has 0 unspecified atom stereocenters. The fourth-order valence-corrected chi connectivity index (χ4v) is 5.48. The highest BCUT2D eigenvalue weighted by Crippen LogP contribution is 2.38.